The standard InChI is InChI=1S/C16H15NO3/c18-9-12-8-11-7-10-3-1-5-17-6-2-4-13(14(10)17)15(11)20-16(12)19/h7-9H,1-6H2. The average molecular weight is 269 g/mol. The molecule has 2 aliphatic heterocycles. The number of carbonyl (C=O) groups is 1. The van der Waals surface area contributed by atoms with Crippen molar-refractivity contribution in [1.29, 1.82) is 0 Å². The molecule has 0 bridgehead atoms. The lowest BCUT2D eigenvalue weighted by Crippen LogP contribution is -2.34. The third kappa shape index (κ3) is 1.54. The van der Waals surface area contributed by atoms with Gasteiger partial charge in [0.1, 0.15) is 11.1 Å². The maximum Gasteiger partial charge on any atom is 0.346 e. The summed E-state index contributed by atoms with van der Waals surface area (Å²) in [6, 6.07) is 3.75. The molecule has 1 aromatic carbocycles. The lowest BCUT2D eigenvalue weighted by Gasteiger charge is -2.37. The summed E-state index contributed by atoms with van der Waals surface area (Å²) in [6.07, 6.45) is 4.83. The fourth-order valence-corrected chi connectivity index (χ4v) is 3.54. The van der Waals surface area contributed by atoms with Gasteiger partial charge in [0.25, 0.3) is 0 Å². The van der Waals surface area contributed by atoms with E-state index in [1.165, 1.54) is 11.3 Å². The largest absolute Gasteiger partial charge is 0.422 e. The van der Waals surface area contributed by atoms with Gasteiger partial charge in [-0.1, -0.05) is 0 Å². The van der Waals surface area contributed by atoms with E-state index in [0.29, 0.717) is 11.9 Å². The second-order valence-electron chi connectivity index (χ2n) is 5.58. The van der Waals surface area contributed by atoms with Crippen LogP contribution >= 0.6 is 0 Å². The van der Waals surface area contributed by atoms with Crippen LogP contribution in [-0.4, -0.2) is 19.4 Å². The zero-order chi connectivity index (χ0) is 13.7. The molecule has 1 aromatic heterocycles. The highest BCUT2D eigenvalue weighted by atomic mass is 16.4. The number of aryl methyl sites for hydroxylation is 2. The highest BCUT2D eigenvalue weighted by Crippen LogP contribution is 2.39. The smallest absolute Gasteiger partial charge is 0.346 e. The molecule has 2 aromatic rings. The number of nitrogens with zero attached hydrogens (tertiary/aromatic N) is 1. The van der Waals surface area contributed by atoms with Crippen LogP contribution < -0.4 is 10.5 Å². The molecule has 0 aliphatic carbocycles. The topological polar surface area (TPSA) is 50.5 Å². The molecule has 2 aliphatic rings. The molecule has 0 fully saturated rings. The van der Waals surface area contributed by atoms with Crippen LogP contribution in [0.15, 0.2) is 21.3 Å². The first-order chi connectivity index (χ1) is 9.78. The van der Waals surface area contributed by atoms with Crippen molar-refractivity contribution >= 4 is 22.9 Å². The molecule has 4 rings (SSSR count). The number of aldehydes is 1. The van der Waals surface area contributed by atoms with Gasteiger partial charge in [0.2, 0.25) is 0 Å². The van der Waals surface area contributed by atoms with Gasteiger partial charge in [-0.15, -0.1) is 0 Å². The minimum Gasteiger partial charge on any atom is -0.422 e. The molecule has 20 heavy (non-hydrogen) atoms. The summed E-state index contributed by atoms with van der Waals surface area (Å²) in [7, 11) is 0. The monoisotopic (exact) mass is 269 g/mol. The van der Waals surface area contributed by atoms with Crippen molar-refractivity contribution in [2.24, 2.45) is 0 Å². The van der Waals surface area contributed by atoms with Crippen LogP contribution in [0.1, 0.15) is 34.3 Å². The van der Waals surface area contributed by atoms with E-state index in [9.17, 15) is 9.59 Å². The van der Waals surface area contributed by atoms with Gasteiger partial charge in [-0.2, -0.15) is 0 Å². The van der Waals surface area contributed by atoms with Crippen LogP contribution in [0.25, 0.3) is 11.0 Å². The van der Waals surface area contributed by atoms with Gasteiger partial charge in [-0.3, -0.25) is 4.79 Å². The maximum atomic E-state index is 11.8. The molecule has 4 heteroatoms. The minimum atomic E-state index is -0.531. The van der Waals surface area contributed by atoms with E-state index in [1.54, 1.807) is 6.07 Å². The molecule has 0 N–H and O–H groups in total. The number of carbonyl (C=O) groups excluding carboxylic acids is 1. The Hall–Kier alpha value is -2.10. The summed E-state index contributed by atoms with van der Waals surface area (Å²) in [6.45, 7) is 2.17. The Labute approximate surface area is 116 Å². The van der Waals surface area contributed by atoms with Gasteiger partial charge in [0.05, 0.1) is 0 Å². The van der Waals surface area contributed by atoms with E-state index in [4.69, 9.17) is 4.42 Å². The van der Waals surface area contributed by atoms with Gasteiger partial charge >= 0.3 is 5.63 Å². The lowest BCUT2D eigenvalue weighted by molar-refractivity contribution is 0.112. The van der Waals surface area contributed by atoms with Gasteiger partial charge < -0.3 is 9.32 Å². The number of rotatable bonds is 1. The zero-order valence-corrected chi connectivity index (χ0v) is 11.1. The van der Waals surface area contributed by atoms with E-state index in [-0.39, 0.29) is 5.56 Å². The van der Waals surface area contributed by atoms with Crippen LogP contribution in [0.4, 0.5) is 5.69 Å². The van der Waals surface area contributed by atoms with Crippen molar-refractivity contribution in [3.05, 3.63) is 39.2 Å². The SMILES string of the molecule is O=Cc1cc2cc3c4c(c2oc1=O)CCCN4CCC3. The normalized spacial score (nSPS) is 17.1. The Morgan fingerprint density at radius 3 is 2.75 bits per heavy atom. The van der Waals surface area contributed by atoms with Gasteiger partial charge in [-0.05, 0) is 43.4 Å². The predicted octanol–water partition coefficient (Wildman–Crippen LogP) is 2.30. The van der Waals surface area contributed by atoms with Crippen molar-refractivity contribution in [1.82, 2.24) is 0 Å². The molecule has 0 saturated carbocycles. The second kappa shape index (κ2) is 4.20. The first-order valence-corrected chi connectivity index (χ1v) is 7.10. The van der Waals surface area contributed by atoms with Crippen molar-refractivity contribution in [2.45, 2.75) is 25.7 Å². The summed E-state index contributed by atoms with van der Waals surface area (Å²) in [4.78, 5) is 25.1. The molecule has 102 valence electrons. The van der Waals surface area contributed by atoms with Gasteiger partial charge in [0, 0.05) is 29.7 Å². The van der Waals surface area contributed by atoms with E-state index < -0.39 is 5.63 Å². The number of anilines is 1. The molecule has 0 spiro atoms. The van der Waals surface area contributed by atoms with E-state index in [1.807, 2.05) is 0 Å². The first kappa shape index (κ1) is 11.7. The van der Waals surface area contributed by atoms with Crippen LogP contribution in [-0.2, 0) is 12.8 Å². The molecule has 3 heterocycles. The van der Waals surface area contributed by atoms with Crippen LogP contribution in [0, 0.1) is 0 Å². The highest BCUT2D eigenvalue weighted by molar-refractivity contribution is 5.91. The number of fused-ring (bicyclic) bond motifs is 2. The number of hydrogen-bond donors (Lipinski definition) is 0. The Morgan fingerprint density at radius 2 is 1.95 bits per heavy atom. The molecule has 0 atom stereocenters. The third-order valence-corrected chi connectivity index (χ3v) is 4.37. The van der Waals surface area contributed by atoms with E-state index in [2.05, 4.69) is 11.0 Å². The maximum absolute atomic E-state index is 11.8. The van der Waals surface area contributed by atoms with Crippen LogP contribution in [0.3, 0.4) is 0 Å². The Kier molecular flexibility index (Phi) is 2.46. The summed E-state index contributed by atoms with van der Waals surface area (Å²) in [5.41, 5.74) is 4.00. The average Bonchev–Trinajstić information content (AvgIpc) is 2.48. The molecule has 4 nitrogen and oxygen atoms in total. The minimum absolute atomic E-state index is 0.105. The fraction of sp³-hybridized carbons (Fsp3) is 0.375. The fourth-order valence-electron chi connectivity index (χ4n) is 3.54. The van der Waals surface area contributed by atoms with Crippen molar-refractivity contribution in [3.63, 3.8) is 0 Å². The van der Waals surface area contributed by atoms with E-state index in [0.717, 1.165) is 49.7 Å². The Morgan fingerprint density at radius 1 is 1.15 bits per heavy atom. The van der Waals surface area contributed by atoms with E-state index >= 15 is 0 Å². The predicted molar refractivity (Wildman–Crippen MR) is 76.7 cm³/mol. The Bertz CT molecular complexity index is 773. The molecule has 0 unspecified atom stereocenters. The third-order valence-electron chi connectivity index (χ3n) is 4.37. The number of hydrogen-bond acceptors (Lipinski definition) is 4. The van der Waals surface area contributed by atoms with Crippen molar-refractivity contribution in [2.75, 3.05) is 18.0 Å². The quantitative estimate of drug-likeness (QED) is 0.589. The first-order valence-electron chi connectivity index (χ1n) is 7.10. The van der Waals surface area contributed by atoms with Gasteiger partial charge in [0.15, 0.2) is 6.29 Å². The van der Waals surface area contributed by atoms with Crippen molar-refractivity contribution < 1.29 is 9.21 Å². The molecule has 0 amide bonds. The number of benzene rings is 1. The molecule has 0 saturated heterocycles. The van der Waals surface area contributed by atoms with Crippen LogP contribution in [0.5, 0.6) is 0 Å². The summed E-state index contributed by atoms with van der Waals surface area (Å²) in [5, 5.41) is 0.879. The zero-order valence-electron chi connectivity index (χ0n) is 11.1. The second-order valence-corrected chi connectivity index (χ2v) is 5.58. The summed E-state index contributed by atoms with van der Waals surface area (Å²) >= 11 is 0. The lowest BCUT2D eigenvalue weighted by atomic mass is 9.90. The molecule has 0 radical (unpaired) electrons. The highest BCUT2D eigenvalue weighted by Gasteiger charge is 2.26. The molecular weight excluding hydrogens is 254 g/mol. The van der Waals surface area contributed by atoms with Gasteiger partial charge in [-0.25, -0.2) is 4.79 Å². The Balaban J connectivity index is 2.10. The molecular formula is C16H15NO3. The summed E-state index contributed by atoms with van der Waals surface area (Å²) in [5.74, 6) is 0. The summed E-state index contributed by atoms with van der Waals surface area (Å²) < 4.78 is 5.44. The van der Waals surface area contributed by atoms with Crippen molar-refractivity contribution in [3.8, 4) is 0 Å². The van der Waals surface area contributed by atoms with Crippen LogP contribution in [0.2, 0.25) is 0 Å².